The van der Waals surface area contributed by atoms with E-state index in [2.05, 4.69) is 37.1 Å². The Balaban J connectivity index is 1.76. The highest BCUT2D eigenvalue weighted by Gasteiger charge is 2.23. The molecule has 1 atom stereocenters. The first-order valence-electron chi connectivity index (χ1n) is 6.62. The summed E-state index contributed by atoms with van der Waals surface area (Å²) in [5, 5.41) is 3.60. The first kappa shape index (κ1) is 12.6. The number of hydrogen-bond acceptors (Lipinski definition) is 5. The number of hydrogen-bond donors (Lipinski definition) is 2. The molecular weight excluding hydrogens is 264 g/mol. The third kappa shape index (κ3) is 2.50. The normalized spacial score (nSPS) is 20.2. The van der Waals surface area contributed by atoms with Gasteiger partial charge in [-0.3, -0.25) is 4.90 Å². The quantitative estimate of drug-likeness (QED) is 0.837. The van der Waals surface area contributed by atoms with Crippen LogP contribution in [-0.4, -0.2) is 50.5 Å². The number of aromatic amines is 1. The standard InChI is InChI=1S/C12H17ClN6/c1-2-19-5-3-4-8(19)6-14-10-9-11(16-7-15-9)18-12(13)17-10/h7-8H,2-6H2,1H3,(H2,14,15,16,17,18). The average molecular weight is 281 g/mol. The van der Waals surface area contributed by atoms with E-state index in [0.717, 1.165) is 24.4 Å². The fraction of sp³-hybridized carbons (Fsp3) is 0.583. The Morgan fingerprint density at radius 1 is 1.53 bits per heavy atom. The number of nitrogens with zero attached hydrogens (tertiary/aromatic N) is 4. The predicted molar refractivity (Wildman–Crippen MR) is 75.5 cm³/mol. The van der Waals surface area contributed by atoms with Crippen LogP contribution in [-0.2, 0) is 0 Å². The van der Waals surface area contributed by atoms with Gasteiger partial charge in [0.25, 0.3) is 0 Å². The maximum atomic E-state index is 5.91. The molecule has 3 rings (SSSR count). The Hall–Kier alpha value is -1.40. The van der Waals surface area contributed by atoms with Gasteiger partial charge in [-0.05, 0) is 37.5 Å². The van der Waals surface area contributed by atoms with Crippen molar-refractivity contribution in [3.63, 3.8) is 0 Å². The predicted octanol–water partition coefficient (Wildman–Crippen LogP) is 1.90. The van der Waals surface area contributed by atoms with Crippen LogP contribution in [0.2, 0.25) is 5.28 Å². The Kier molecular flexibility index (Phi) is 3.52. The van der Waals surface area contributed by atoms with Crippen LogP contribution in [0, 0.1) is 0 Å². The molecule has 19 heavy (non-hydrogen) atoms. The second kappa shape index (κ2) is 5.30. The van der Waals surface area contributed by atoms with E-state index in [1.54, 1.807) is 6.33 Å². The molecule has 6 nitrogen and oxygen atoms in total. The number of H-pyrrole nitrogens is 1. The number of halogens is 1. The van der Waals surface area contributed by atoms with Crippen LogP contribution in [0.3, 0.4) is 0 Å². The third-order valence-electron chi connectivity index (χ3n) is 3.67. The van der Waals surface area contributed by atoms with Crippen LogP contribution >= 0.6 is 11.6 Å². The summed E-state index contributed by atoms with van der Waals surface area (Å²) < 4.78 is 0. The minimum absolute atomic E-state index is 0.223. The van der Waals surface area contributed by atoms with Crippen molar-refractivity contribution >= 4 is 28.6 Å². The van der Waals surface area contributed by atoms with Gasteiger partial charge >= 0.3 is 0 Å². The van der Waals surface area contributed by atoms with Crippen LogP contribution in [0.1, 0.15) is 19.8 Å². The third-order valence-corrected chi connectivity index (χ3v) is 3.84. The molecule has 0 aliphatic carbocycles. The molecule has 1 unspecified atom stereocenters. The van der Waals surface area contributed by atoms with Gasteiger partial charge in [0.15, 0.2) is 11.5 Å². The first-order chi connectivity index (χ1) is 9.28. The lowest BCUT2D eigenvalue weighted by atomic mass is 10.2. The molecule has 0 aromatic carbocycles. The molecule has 1 aliphatic rings. The molecule has 0 amide bonds. The Morgan fingerprint density at radius 2 is 2.42 bits per heavy atom. The monoisotopic (exact) mass is 280 g/mol. The number of nitrogens with one attached hydrogen (secondary N) is 2. The van der Waals surface area contributed by atoms with E-state index in [9.17, 15) is 0 Å². The summed E-state index contributed by atoms with van der Waals surface area (Å²) in [7, 11) is 0. The maximum absolute atomic E-state index is 5.91. The van der Waals surface area contributed by atoms with Crippen LogP contribution in [0.15, 0.2) is 6.33 Å². The van der Waals surface area contributed by atoms with Gasteiger partial charge in [0.2, 0.25) is 5.28 Å². The fourth-order valence-corrected chi connectivity index (χ4v) is 2.86. The molecule has 0 spiro atoms. The molecule has 2 N–H and O–H groups in total. The molecular formula is C12H17ClN6. The topological polar surface area (TPSA) is 69.7 Å². The molecule has 7 heteroatoms. The van der Waals surface area contributed by atoms with E-state index >= 15 is 0 Å². The van der Waals surface area contributed by atoms with E-state index in [1.807, 2.05) is 0 Å². The number of aromatic nitrogens is 4. The number of anilines is 1. The van der Waals surface area contributed by atoms with Gasteiger partial charge in [0.05, 0.1) is 6.33 Å². The van der Waals surface area contributed by atoms with E-state index < -0.39 is 0 Å². The lowest BCUT2D eigenvalue weighted by Gasteiger charge is -2.23. The van der Waals surface area contributed by atoms with Crippen LogP contribution in [0.5, 0.6) is 0 Å². The summed E-state index contributed by atoms with van der Waals surface area (Å²) in [5.41, 5.74) is 1.41. The smallest absolute Gasteiger partial charge is 0.226 e. The summed E-state index contributed by atoms with van der Waals surface area (Å²) in [5.74, 6) is 0.732. The molecule has 0 radical (unpaired) electrons. The largest absolute Gasteiger partial charge is 0.367 e. The van der Waals surface area contributed by atoms with Gasteiger partial charge in [0.1, 0.15) is 5.52 Å². The molecule has 0 saturated carbocycles. The number of fused-ring (bicyclic) bond motifs is 1. The van der Waals surface area contributed by atoms with Crippen molar-refractivity contribution < 1.29 is 0 Å². The van der Waals surface area contributed by atoms with Crippen molar-refractivity contribution in [2.75, 3.05) is 25.0 Å². The highest BCUT2D eigenvalue weighted by Crippen LogP contribution is 2.21. The number of imidazole rings is 1. The zero-order valence-electron chi connectivity index (χ0n) is 10.9. The van der Waals surface area contributed by atoms with E-state index in [-0.39, 0.29) is 5.28 Å². The summed E-state index contributed by atoms with van der Waals surface area (Å²) in [6, 6.07) is 0.566. The van der Waals surface area contributed by atoms with Crippen molar-refractivity contribution in [1.29, 1.82) is 0 Å². The summed E-state index contributed by atoms with van der Waals surface area (Å²) in [4.78, 5) is 17.9. The van der Waals surface area contributed by atoms with Crippen molar-refractivity contribution in [3.05, 3.63) is 11.6 Å². The second-order valence-electron chi connectivity index (χ2n) is 4.75. The zero-order chi connectivity index (χ0) is 13.2. The maximum Gasteiger partial charge on any atom is 0.226 e. The fourth-order valence-electron chi connectivity index (χ4n) is 2.69. The van der Waals surface area contributed by atoms with Gasteiger partial charge in [-0.15, -0.1) is 0 Å². The van der Waals surface area contributed by atoms with Gasteiger partial charge in [-0.2, -0.15) is 9.97 Å². The molecule has 0 bridgehead atoms. The Labute approximate surface area is 116 Å². The van der Waals surface area contributed by atoms with Crippen molar-refractivity contribution in [2.24, 2.45) is 0 Å². The van der Waals surface area contributed by atoms with Gasteiger partial charge in [-0.25, -0.2) is 4.98 Å². The van der Waals surface area contributed by atoms with Crippen LogP contribution in [0.4, 0.5) is 5.82 Å². The summed E-state index contributed by atoms with van der Waals surface area (Å²) in [6.45, 7) is 5.35. The van der Waals surface area contributed by atoms with E-state index in [4.69, 9.17) is 11.6 Å². The van der Waals surface area contributed by atoms with E-state index in [1.165, 1.54) is 19.4 Å². The lowest BCUT2D eigenvalue weighted by Crippen LogP contribution is -2.34. The molecule has 102 valence electrons. The zero-order valence-corrected chi connectivity index (χ0v) is 11.6. The average Bonchev–Trinajstić information content (AvgIpc) is 3.03. The first-order valence-corrected chi connectivity index (χ1v) is 7.00. The Bertz CT molecular complexity index is 568. The van der Waals surface area contributed by atoms with Gasteiger partial charge < -0.3 is 10.3 Å². The minimum atomic E-state index is 0.223. The molecule has 2 aromatic rings. The highest BCUT2D eigenvalue weighted by atomic mass is 35.5. The number of likely N-dealkylation sites (tertiary alicyclic amines) is 1. The lowest BCUT2D eigenvalue weighted by molar-refractivity contribution is 0.277. The van der Waals surface area contributed by atoms with Gasteiger partial charge in [-0.1, -0.05) is 6.92 Å². The Morgan fingerprint density at radius 3 is 3.26 bits per heavy atom. The molecule has 1 saturated heterocycles. The molecule has 1 aliphatic heterocycles. The molecule has 1 fully saturated rings. The van der Waals surface area contributed by atoms with Crippen LogP contribution < -0.4 is 5.32 Å². The second-order valence-corrected chi connectivity index (χ2v) is 5.09. The summed E-state index contributed by atoms with van der Waals surface area (Å²) in [6.07, 6.45) is 4.10. The van der Waals surface area contributed by atoms with Crippen molar-refractivity contribution in [3.8, 4) is 0 Å². The van der Waals surface area contributed by atoms with Crippen molar-refractivity contribution in [1.82, 2.24) is 24.8 Å². The highest BCUT2D eigenvalue weighted by molar-refractivity contribution is 6.28. The molecule has 2 aromatic heterocycles. The number of rotatable bonds is 4. The van der Waals surface area contributed by atoms with Crippen molar-refractivity contribution in [2.45, 2.75) is 25.8 Å². The minimum Gasteiger partial charge on any atom is -0.367 e. The SMILES string of the molecule is CCN1CCCC1CNc1nc(Cl)nc2nc[nH]c12. The summed E-state index contributed by atoms with van der Waals surface area (Å²) >= 11 is 5.91. The van der Waals surface area contributed by atoms with Gasteiger partial charge in [0, 0.05) is 12.6 Å². The number of likely N-dealkylation sites (N-methyl/N-ethyl adjacent to an activating group) is 1. The van der Waals surface area contributed by atoms with E-state index in [0.29, 0.717) is 11.7 Å². The molecule has 3 heterocycles. The van der Waals surface area contributed by atoms with Crippen LogP contribution in [0.25, 0.3) is 11.2 Å².